The maximum absolute atomic E-state index is 11.7. The number of hydrogen-bond acceptors (Lipinski definition) is 5. The minimum absolute atomic E-state index is 0. The maximum Gasteiger partial charge on any atom is 0.409 e. The summed E-state index contributed by atoms with van der Waals surface area (Å²) in [7, 11) is 1.66. The van der Waals surface area contributed by atoms with Crippen molar-refractivity contribution in [3.05, 3.63) is 39.9 Å². The smallest absolute Gasteiger partial charge is 0.409 e. The number of piperidine rings is 1. The molecule has 0 unspecified atom stereocenters. The zero-order valence-electron chi connectivity index (χ0n) is 15.5. The molecule has 0 saturated carbocycles. The van der Waals surface area contributed by atoms with Gasteiger partial charge in [0, 0.05) is 44.4 Å². The van der Waals surface area contributed by atoms with Crippen molar-refractivity contribution in [2.24, 2.45) is 4.99 Å². The standard InChI is InChI=1S/C17H25N5O4.HI/c1-3-26-17(23)21-10-8-14(9-11-21)20-16(18-2)19-12-13-6-4-5-7-15(13)22(24)25;/h4-7,14H,3,8-12H2,1-2H3,(H2,18,19,20);1H. The van der Waals surface area contributed by atoms with Crippen LogP contribution < -0.4 is 10.6 Å². The van der Waals surface area contributed by atoms with Gasteiger partial charge in [-0.1, -0.05) is 18.2 Å². The van der Waals surface area contributed by atoms with E-state index in [1.807, 2.05) is 0 Å². The monoisotopic (exact) mass is 491 g/mol. The molecule has 0 aromatic heterocycles. The number of rotatable bonds is 5. The van der Waals surface area contributed by atoms with Crippen molar-refractivity contribution < 1.29 is 14.5 Å². The van der Waals surface area contributed by atoms with E-state index in [2.05, 4.69) is 15.6 Å². The number of ether oxygens (including phenoxy) is 1. The number of amides is 1. The Bertz CT molecular complexity index is 662. The molecule has 0 radical (unpaired) electrons. The average molecular weight is 491 g/mol. The predicted octanol–water partition coefficient (Wildman–Crippen LogP) is 2.50. The Balaban J connectivity index is 0.00000364. The molecule has 1 fully saturated rings. The van der Waals surface area contributed by atoms with Gasteiger partial charge in [0.2, 0.25) is 0 Å². The summed E-state index contributed by atoms with van der Waals surface area (Å²) in [6.45, 7) is 3.71. The van der Waals surface area contributed by atoms with Gasteiger partial charge in [-0.15, -0.1) is 24.0 Å². The van der Waals surface area contributed by atoms with E-state index in [0.717, 1.165) is 12.8 Å². The van der Waals surface area contributed by atoms with Crippen LogP contribution >= 0.6 is 24.0 Å². The summed E-state index contributed by atoms with van der Waals surface area (Å²) in [5.74, 6) is 0.581. The van der Waals surface area contributed by atoms with E-state index in [0.29, 0.717) is 37.8 Å². The van der Waals surface area contributed by atoms with Gasteiger partial charge < -0.3 is 20.3 Å². The van der Waals surface area contributed by atoms with Crippen molar-refractivity contribution in [2.45, 2.75) is 32.4 Å². The van der Waals surface area contributed by atoms with Gasteiger partial charge in [0.05, 0.1) is 11.5 Å². The fourth-order valence-corrected chi connectivity index (χ4v) is 2.83. The van der Waals surface area contributed by atoms with Crippen molar-refractivity contribution in [2.75, 3.05) is 26.7 Å². The summed E-state index contributed by atoms with van der Waals surface area (Å²) in [6, 6.07) is 6.80. The third-order valence-electron chi connectivity index (χ3n) is 4.22. The van der Waals surface area contributed by atoms with Crippen molar-refractivity contribution in [3.63, 3.8) is 0 Å². The highest BCUT2D eigenvalue weighted by Gasteiger charge is 2.24. The number of hydrogen-bond donors (Lipinski definition) is 2. The lowest BCUT2D eigenvalue weighted by atomic mass is 10.1. The molecule has 1 heterocycles. The van der Waals surface area contributed by atoms with Crippen molar-refractivity contribution >= 4 is 41.7 Å². The molecule has 0 spiro atoms. The van der Waals surface area contributed by atoms with Gasteiger partial charge in [-0.3, -0.25) is 15.1 Å². The number of halogens is 1. The number of para-hydroxylation sites is 1. The second kappa shape index (κ2) is 11.6. The van der Waals surface area contributed by atoms with Gasteiger partial charge in [-0.25, -0.2) is 4.79 Å². The number of aliphatic imine (C=N–C) groups is 1. The Morgan fingerprint density at radius 1 is 1.37 bits per heavy atom. The maximum atomic E-state index is 11.7. The molecular weight excluding hydrogens is 465 g/mol. The van der Waals surface area contributed by atoms with Crippen LogP contribution in [0.3, 0.4) is 0 Å². The van der Waals surface area contributed by atoms with Crippen molar-refractivity contribution in [1.29, 1.82) is 0 Å². The fraction of sp³-hybridized carbons (Fsp3) is 0.529. The number of nitrogens with zero attached hydrogens (tertiary/aromatic N) is 3. The van der Waals surface area contributed by atoms with Gasteiger partial charge in [-0.05, 0) is 19.8 Å². The van der Waals surface area contributed by atoms with E-state index in [1.165, 1.54) is 6.07 Å². The molecule has 0 atom stereocenters. The van der Waals surface area contributed by atoms with Crippen LogP contribution in [0.2, 0.25) is 0 Å². The van der Waals surface area contributed by atoms with Crippen LogP contribution in [-0.4, -0.2) is 54.7 Å². The molecule has 150 valence electrons. The molecule has 1 aliphatic heterocycles. The number of nitrogens with one attached hydrogen (secondary N) is 2. The Labute approximate surface area is 175 Å². The molecule has 1 aliphatic rings. The summed E-state index contributed by atoms with van der Waals surface area (Å²) in [6.07, 6.45) is 1.29. The Kier molecular flexibility index (Phi) is 9.83. The van der Waals surface area contributed by atoms with E-state index in [1.54, 1.807) is 37.1 Å². The van der Waals surface area contributed by atoms with E-state index in [-0.39, 0.29) is 41.8 Å². The van der Waals surface area contributed by atoms with Crippen LogP contribution in [0.4, 0.5) is 10.5 Å². The molecule has 27 heavy (non-hydrogen) atoms. The lowest BCUT2D eigenvalue weighted by molar-refractivity contribution is -0.385. The van der Waals surface area contributed by atoms with E-state index in [9.17, 15) is 14.9 Å². The predicted molar refractivity (Wildman–Crippen MR) is 113 cm³/mol. The fourth-order valence-electron chi connectivity index (χ4n) is 2.83. The number of guanidine groups is 1. The van der Waals surface area contributed by atoms with E-state index in [4.69, 9.17) is 4.74 Å². The Hall–Kier alpha value is -2.11. The zero-order valence-corrected chi connectivity index (χ0v) is 17.8. The molecule has 0 bridgehead atoms. The topological polar surface area (TPSA) is 109 Å². The zero-order chi connectivity index (χ0) is 18.9. The molecule has 9 nitrogen and oxygen atoms in total. The lowest BCUT2D eigenvalue weighted by Crippen LogP contribution is -2.49. The lowest BCUT2D eigenvalue weighted by Gasteiger charge is -2.32. The number of nitro groups is 1. The quantitative estimate of drug-likeness (QED) is 0.216. The Morgan fingerprint density at radius 3 is 2.63 bits per heavy atom. The first kappa shape index (κ1) is 22.9. The van der Waals surface area contributed by atoms with Crippen LogP contribution in [0.1, 0.15) is 25.3 Å². The molecule has 1 aromatic carbocycles. The van der Waals surface area contributed by atoms with Crippen LogP contribution in [0.15, 0.2) is 29.3 Å². The Morgan fingerprint density at radius 2 is 2.04 bits per heavy atom. The third kappa shape index (κ3) is 6.85. The highest BCUT2D eigenvalue weighted by molar-refractivity contribution is 14.0. The SMILES string of the molecule is CCOC(=O)N1CCC(NC(=NC)NCc2ccccc2[N+](=O)[O-])CC1.I. The number of likely N-dealkylation sites (tertiary alicyclic amines) is 1. The highest BCUT2D eigenvalue weighted by Crippen LogP contribution is 2.17. The van der Waals surface area contributed by atoms with Gasteiger partial charge in [0.15, 0.2) is 5.96 Å². The minimum atomic E-state index is -0.391. The summed E-state index contributed by atoms with van der Waals surface area (Å²) in [5, 5.41) is 17.5. The first-order valence-corrected chi connectivity index (χ1v) is 8.66. The molecule has 2 N–H and O–H groups in total. The summed E-state index contributed by atoms with van der Waals surface area (Å²) in [4.78, 5) is 28.3. The van der Waals surface area contributed by atoms with Gasteiger partial charge in [-0.2, -0.15) is 0 Å². The van der Waals surface area contributed by atoms with Gasteiger partial charge in [0.1, 0.15) is 0 Å². The molecule has 1 amide bonds. The highest BCUT2D eigenvalue weighted by atomic mass is 127. The second-order valence-electron chi connectivity index (χ2n) is 5.92. The number of nitro benzene ring substituents is 1. The summed E-state index contributed by atoms with van der Waals surface area (Å²) >= 11 is 0. The molecular formula is C17H26IN5O4. The molecule has 2 rings (SSSR count). The molecule has 10 heteroatoms. The summed E-state index contributed by atoms with van der Waals surface area (Å²) < 4.78 is 5.01. The number of carbonyl (C=O) groups is 1. The first-order valence-electron chi connectivity index (χ1n) is 8.66. The second-order valence-corrected chi connectivity index (χ2v) is 5.92. The molecule has 1 saturated heterocycles. The van der Waals surface area contributed by atoms with E-state index < -0.39 is 4.92 Å². The molecule has 1 aromatic rings. The van der Waals surface area contributed by atoms with Gasteiger partial charge in [0.25, 0.3) is 5.69 Å². The largest absolute Gasteiger partial charge is 0.450 e. The normalized spacial score (nSPS) is 14.9. The van der Waals surface area contributed by atoms with Crippen LogP contribution in [-0.2, 0) is 11.3 Å². The summed E-state index contributed by atoms with van der Waals surface area (Å²) in [5.41, 5.74) is 0.677. The van der Waals surface area contributed by atoms with Crippen LogP contribution in [0.5, 0.6) is 0 Å². The van der Waals surface area contributed by atoms with Gasteiger partial charge >= 0.3 is 6.09 Å². The van der Waals surface area contributed by atoms with Crippen molar-refractivity contribution in [3.8, 4) is 0 Å². The van der Waals surface area contributed by atoms with Crippen molar-refractivity contribution in [1.82, 2.24) is 15.5 Å². The van der Waals surface area contributed by atoms with E-state index >= 15 is 0 Å². The van der Waals surface area contributed by atoms with Crippen LogP contribution in [0, 0.1) is 10.1 Å². The average Bonchev–Trinajstić information content (AvgIpc) is 2.66. The third-order valence-corrected chi connectivity index (χ3v) is 4.22. The minimum Gasteiger partial charge on any atom is -0.450 e. The number of benzene rings is 1. The number of carbonyl (C=O) groups excluding carboxylic acids is 1. The van der Waals surface area contributed by atoms with Crippen LogP contribution in [0.25, 0.3) is 0 Å². The molecule has 0 aliphatic carbocycles. The first-order chi connectivity index (χ1) is 12.5.